The summed E-state index contributed by atoms with van der Waals surface area (Å²) in [6.07, 6.45) is 0.392. The Hall–Kier alpha value is -1.44. The molecule has 116 valence electrons. The predicted molar refractivity (Wildman–Crippen MR) is 80.6 cm³/mol. The first-order chi connectivity index (χ1) is 9.88. The number of hydrogen-bond donors (Lipinski definition) is 1. The Labute approximate surface area is 125 Å². The van der Waals surface area contributed by atoms with Crippen molar-refractivity contribution in [1.29, 1.82) is 0 Å². The molecule has 1 saturated heterocycles. The number of nitrogens with zero attached hydrogens (tertiary/aromatic N) is 2. The molecule has 1 aromatic rings. The Morgan fingerprint density at radius 3 is 2.57 bits per heavy atom. The fraction of sp³-hybridized carbons (Fsp3) is 0.500. The number of benzene rings is 1. The van der Waals surface area contributed by atoms with E-state index in [4.69, 9.17) is 0 Å². The zero-order chi connectivity index (χ0) is 15.5. The lowest BCUT2D eigenvalue weighted by molar-refractivity contribution is -0.128. The van der Waals surface area contributed by atoms with Crippen molar-refractivity contribution >= 4 is 16.1 Å². The topological polar surface area (TPSA) is 69.7 Å². The van der Waals surface area contributed by atoms with Gasteiger partial charge in [0.05, 0.1) is 0 Å². The SMILES string of the molecule is CN(C)S(=O)(=O)NC[C@H]1CC(=O)N(Cc2ccccc2)C1. The fourth-order valence-corrected chi connectivity index (χ4v) is 3.00. The van der Waals surface area contributed by atoms with E-state index in [2.05, 4.69) is 4.72 Å². The molecule has 1 aliphatic heterocycles. The Bertz CT molecular complexity index is 587. The molecule has 1 fully saturated rings. The summed E-state index contributed by atoms with van der Waals surface area (Å²) in [5.41, 5.74) is 1.08. The smallest absolute Gasteiger partial charge is 0.278 e. The number of nitrogens with one attached hydrogen (secondary N) is 1. The van der Waals surface area contributed by atoms with Gasteiger partial charge >= 0.3 is 0 Å². The normalized spacial score (nSPS) is 19.5. The van der Waals surface area contributed by atoms with E-state index in [0.29, 0.717) is 19.5 Å². The molecule has 1 amide bonds. The van der Waals surface area contributed by atoms with Crippen LogP contribution >= 0.6 is 0 Å². The molecule has 21 heavy (non-hydrogen) atoms. The number of likely N-dealkylation sites (tertiary alicyclic amines) is 1. The van der Waals surface area contributed by atoms with E-state index < -0.39 is 10.2 Å². The van der Waals surface area contributed by atoms with Gasteiger partial charge in [0.15, 0.2) is 0 Å². The van der Waals surface area contributed by atoms with Crippen molar-refractivity contribution in [1.82, 2.24) is 13.9 Å². The van der Waals surface area contributed by atoms with Gasteiger partial charge in [-0.25, -0.2) is 4.72 Å². The molecule has 6 nitrogen and oxygen atoms in total. The monoisotopic (exact) mass is 311 g/mol. The molecule has 0 saturated carbocycles. The molecule has 2 rings (SSSR count). The average molecular weight is 311 g/mol. The van der Waals surface area contributed by atoms with Crippen molar-refractivity contribution in [3.63, 3.8) is 0 Å². The largest absolute Gasteiger partial charge is 0.338 e. The highest BCUT2D eigenvalue weighted by molar-refractivity contribution is 7.87. The molecule has 1 atom stereocenters. The summed E-state index contributed by atoms with van der Waals surface area (Å²) in [6.45, 7) is 1.46. The molecule has 1 heterocycles. The van der Waals surface area contributed by atoms with E-state index in [1.54, 1.807) is 4.90 Å². The maximum atomic E-state index is 12.0. The van der Waals surface area contributed by atoms with Crippen LogP contribution in [0.4, 0.5) is 0 Å². The van der Waals surface area contributed by atoms with Gasteiger partial charge in [-0.1, -0.05) is 30.3 Å². The lowest BCUT2D eigenvalue weighted by Gasteiger charge is -2.18. The maximum Gasteiger partial charge on any atom is 0.278 e. The standard InChI is InChI=1S/C14H21N3O3S/c1-16(2)21(19,20)15-9-13-8-14(18)17(11-13)10-12-6-4-3-5-7-12/h3-7,13,15H,8-11H2,1-2H3/t13-/m1/s1. The Morgan fingerprint density at radius 1 is 1.29 bits per heavy atom. The van der Waals surface area contributed by atoms with Crippen LogP contribution in [0, 0.1) is 5.92 Å². The fourth-order valence-electron chi connectivity index (χ4n) is 2.30. The summed E-state index contributed by atoms with van der Waals surface area (Å²) in [5, 5.41) is 0. The second-order valence-corrected chi connectivity index (χ2v) is 7.44. The first-order valence-corrected chi connectivity index (χ1v) is 8.31. The van der Waals surface area contributed by atoms with Gasteiger partial charge in [-0.3, -0.25) is 4.79 Å². The molecule has 0 unspecified atom stereocenters. The molecule has 1 N–H and O–H groups in total. The number of hydrogen-bond acceptors (Lipinski definition) is 3. The van der Waals surface area contributed by atoms with Gasteiger partial charge in [-0.15, -0.1) is 0 Å². The van der Waals surface area contributed by atoms with Gasteiger partial charge in [0.2, 0.25) is 5.91 Å². The Balaban J connectivity index is 1.88. The highest BCUT2D eigenvalue weighted by Crippen LogP contribution is 2.19. The second-order valence-electron chi connectivity index (χ2n) is 5.47. The summed E-state index contributed by atoms with van der Waals surface area (Å²) < 4.78 is 27.0. The molecule has 0 aromatic heterocycles. The van der Waals surface area contributed by atoms with Gasteiger partial charge in [-0.05, 0) is 11.5 Å². The Kier molecular flexibility index (Phi) is 4.97. The van der Waals surface area contributed by atoms with E-state index in [-0.39, 0.29) is 18.4 Å². The second kappa shape index (κ2) is 6.55. The quantitative estimate of drug-likeness (QED) is 0.828. The molecule has 0 aliphatic carbocycles. The molecular formula is C14H21N3O3S. The van der Waals surface area contributed by atoms with Crippen molar-refractivity contribution in [2.75, 3.05) is 27.2 Å². The molecule has 0 bridgehead atoms. The third kappa shape index (κ3) is 4.26. The molecule has 7 heteroatoms. The van der Waals surface area contributed by atoms with Crippen LogP contribution in [-0.2, 0) is 21.5 Å². The third-order valence-electron chi connectivity index (χ3n) is 3.55. The van der Waals surface area contributed by atoms with Crippen molar-refractivity contribution in [2.24, 2.45) is 5.92 Å². The maximum absolute atomic E-state index is 12.0. The van der Waals surface area contributed by atoms with Crippen molar-refractivity contribution < 1.29 is 13.2 Å². The summed E-state index contributed by atoms with van der Waals surface area (Å²) in [6, 6.07) is 9.79. The minimum Gasteiger partial charge on any atom is -0.338 e. The third-order valence-corrected chi connectivity index (χ3v) is 5.04. The molecule has 1 aliphatic rings. The lowest BCUT2D eigenvalue weighted by atomic mass is 10.1. The van der Waals surface area contributed by atoms with Gasteiger partial charge in [0.1, 0.15) is 0 Å². The molecule has 1 aromatic carbocycles. The van der Waals surface area contributed by atoms with Gasteiger partial charge < -0.3 is 4.90 Å². The first-order valence-electron chi connectivity index (χ1n) is 6.87. The molecule has 0 radical (unpaired) electrons. The minimum atomic E-state index is -3.43. The predicted octanol–water partition coefficient (Wildman–Crippen LogP) is 0.431. The van der Waals surface area contributed by atoms with Crippen LogP contribution < -0.4 is 4.72 Å². The zero-order valence-corrected chi connectivity index (χ0v) is 13.1. The van der Waals surface area contributed by atoms with Crippen LogP contribution in [-0.4, -0.2) is 50.7 Å². The van der Waals surface area contributed by atoms with E-state index in [0.717, 1.165) is 9.87 Å². The van der Waals surface area contributed by atoms with Crippen LogP contribution in [0.2, 0.25) is 0 Å². The average Bonchev–Trinajstić information content (AvgIpc) is 2.78. The van der Waals surface area contributed by atoms with Crippen molar-refractivity contribution in [3.05, 3.63) is 35.9 Å². The van der Waals surface area contributed by atoms with Crippen LogP contribution in [0.1, 0.15) is 12.0 Å². The van der Waals surface area contributed by atoms with Crippen LogP contribution in [0.5, 0.6) is 0 Å². The summed E-state index contributed by atoms with van der Waals surface area (Å²) in [7, 11) is -0.474. The number of carbonyl (C=O) groups excluding carboxylic acids is 1. The van der Waals surface area contributed by atoms with Crippen molar-refractivity contribution in [3.8, 4) is 0 Å². The first kappa shape index (κ1) is 15.9. The number of amides is 1. The van der Waals surface area contributed by atoms with E-state index in [1.807, 2.05) is 30.3 Å². The molecule has 0 spiro atoms. The summed E-state index contributed by atoms with van der Waals surface area (Å²) in [4.78, 5) is 13.8. The Morgan fingerprint density at radius 2 is 1.95 bits per heavy atom. The summed E-state index contributed by atoms with van der Waals surface area (Å²) in [5.74, 6) is 0.101. The van der Waals surface area contributed by atoms with Crippen LogP contribution in [0.25, 0.3) is 0 Å². The summed E-state index contributed by atoms with van der Waals surface area (Å²) >= 11 is 0. The van der Waals surface area contributed by atoms with Crippen LogP contribution in [0.15, 0.2) is 30.3 Å². The number of carbonyl (C=O) groups is 1. The van der Waals surface area contributed by atoms with Gasteiger partial charge in [0, 0.05) is 40.2 Å². The van der Waals surface area contributed by atoms with Gasteiger partial charge in [0.25, 0.3) is 10.2 Å². The van der Waals surface area contributed by atoms with Crippen LogP contribution in [0.3, 0.4) is 0 Å². The molecular weight excluding hydrogens is 290 g/mol. The van der Waals surface area contributed by atoms with E-state index in [9.17, 15) is 13.2 Å². The lowest BCUT2D eigenvalue weighted by Crippen LogP contribution is -2.38. The van der Waals surface area contributed by atoms with E-state index >= 15 is 0 Å². The number of rotatable bonds is 6. The van der Waals surface area contributed by atoms with Crippen molar-refractivity contribution in [2.45, 2.75) is 13.0 Å². The highest BCUT2D eigenvalue weighted by atomic mass is 32.2. The highest BCUT2D eigenvalue weighted by Gasteiger charge is 2.30. The minimum absolute atomic E-state index is 0.0240. The zero-order valence-electron chi connectivity index (χ0n) is 12.3. The van der Waals surface area contributed by atoms with E-state index in [1.165, 1.54) is 14.1 Å². The van der Waals surface area contributed by atoms with Gasteiger partial charge in [-0.2, -0.15) is 12.7 Å².